The van der Waals surface area contributed by atoms with Crippen LogP contribution in [0.4, 0.5) is 0 Å². The zero-order valence-electron chi connectivity index (χ0n) is 19.1. The molecule has 4 atom stereocenters. The highest BCUT2D eigenvalue weighted by Gasteiger charge is 2.80. The molecule has 2 aliphatic rings. The van der Waals surface area contributed by atoms with Gasteiger partial charge in [-0.05, 0) is 60.3 Å². The summed E-state index contributed by atoms with van der Waals surface area (Å²) in [6, 6.07) is 0. The lowest BCUT2D eigenvalue weighted by Gasteiger charge is -2.30. The van der Waals surface area contributed by atoms with Crippen molar-refractivity contribution in [2.45, 2.75) is 90.4 Å². The molecule has 1 saturated heterocycles. The van der Waals surface area contributed by atoms with Gasteiger partial charge in [-0.25, -0.2) is 9.69 Å². The molecule has 0 aromatic heterocycles. The quantitative estimate of drug-likeness (QED) is 0.213. The molecule has 0 radical (unpaired) electrons. The highest BCUT2D eigenvalue weighted by molar-refractivity contribution is 7.55. The molecule has 0 saturated carbocycles. The second-order valence-electron chi connectivity index (χ2n) is 8.92. The first-order valence-corrected chi connectivity index (χ1v) is 15.2. The fourth-order valence-corrected chi connectivity index (χ4v) is 7.59. The van der Waals surface area contributed by atoms with Crippen molar-refractivity contribution in [1.29, 1.82) is 0 Å². The Morgan fingerprint density at radius 1 is 1.24 bits per heavy atom. The van der Waals surface area contributed by atoms with Crippen molar-refractivity contribution in [3.8, 4) is 0 Å². The number of methoxy groups -OCH3 is 1. The van der Waals surface area contributed by atoms with Crippen LogP contribution in [0, 0.1) is 0 Å². The van der Waals surface area contributed by atoms with E-state index >= 15 is 0 Å². The molecule has 0 bridgehead atoms. The highest BCUT2D eigenvalue weighted by Crippen LogP contribution is 2.71. The van der Waals surface area contributed by atoms with Gasteiger partial charge >= 0.3 is 13.6 Å². The first kappa shape index (κ1) is 24.6. The van der Waals surface area contributed by atoms with Crippen molar-refractivity contribution in [2.75, 3.05) is 13.7 Å². The summed E-state index contributed by atoms with van der Waals surface area (Å²) < 4.78 is 42.8. The first-order valence-electron chi connectivity index (χ1n) is 10.2. The molecule has 1 fully saturated rings. The molecule has 0 aliphatic carbocycles. The minimum absolute atomic E-state index is 0.215. The van der Waals surface area contributed by atoms with E-state index in [-0.39, 0.29) is 25.2 Å². The standard InChI is InChI=1S/C19H36NO7PSi/c1-10-24-18(21)19-12-15(27-29(7,8)9)11-16(23-6)20(19)17(19)28(22,25-13(2)3)26-14(4)5/h11,13-14,16-17H,10,12H2,1-9H3. The summed E-state index contributed by atoms with van der Waals surface area (Å²) in [6.07, 6.45) is 0.811. The minimum atomic E-state index is -3.70. The van der Waals surface area contributed by atoms with Crippen LogP contribution in [0.3, 0.4) is 0 Å². The summed E-state index contributed by atoms with van der Waals surface area (Å²) in [6.45, 7) is 15.3. The SMILES string of the molecule is CCOC(=O)C12CC(O[Si](C)(C)C)=CC(OC)N1C2P(=O)(OC(C)C)OC(C)C. The molecular formula is C19H36NO7PSi. The van der Waals surface area contributed by atoms with E-state index in [4.69, 9.17) is 22.9 Å². The molecule has 0 aromatic rings. The Morgan fingerprint density at radius 2 is 1.79 bits per heavy atom. The van der Waals surface area contributed by atoms with Crippen LogP contribution in [-0.2, 0) is 32.3 Å². The van der Waals surface area contributed by atoms with Crippen molar-refractivity contribution >= 4 is 21.9 Å². The molecule has 29 heavy (non-hydrogen) atoms. The van der Waals surface area contributed by atoms with E-state index in [0.29, 0.717) is 5.76 Å². The molecule has 8 nitrogen and oxygen atoms in total. The Bertz CT molecular complexity index is 677. The van der Waals surface area contributed by atoms with Crippen molar-refractivity contribution < 1.29 is 32.3 Å². The summed E-state index contributed by atoms with van der Waals surface area (Å²) in [4.78, 5) is 14.9. The molecule has 0 N–H and O–H groups in total. The monoisotopic (exact) mass is 449 g/mol. The van der Waals surface area contributed by atoms with Crippen LogP contribution in [0.2, 0.25) is 19.6 Å². The Hall–Kier alpha value is -0.703. The van der Waals surface area contributed by atoms with E-state index in [9.17, 15) is 9.36 Å². The maximum Gasteiger partial charge on any atom is 0.350 e. The normalized spacial score (nSPS) is 29.5. The second kappa shape index (κ2) is 8.81. The molecule has 0 amide bonds. The van der Waals surface area contributed by atoms with Crippen molar-refractivity contribution in [3.05, 3.63) is 11.8 Å². The number of rotatable bonds is 10. The predicted octanol–water partition coefficient (Wildman–Crippen LogP) is 4.08. The third-order valence-electron chi connectivity index (χ3n) is 4.45. The smallest absolute Gasteiger partial charge is 0.350 e. The van der Waals surface area contributed by atoms with E-state index in [1.807, 2.05) is 6.08 Å². The lowest BCUT2D eigenvalue weighted by Crippen LogP contribution is -2.41. The minimum Gasteiger partial charge on any atom is -0.547 e. The van der Waals surface area contributed by atoms with Gasteiger partial charge in [0.05, 0.1) is 24.6 Å². The first-order chi connectivity index (χ1) is 13.3. The fraction of sp³-hybridized carbons (Fsp3) is 0.842. The maximum absolute atomic E-state index is 13.9. The van der Waals surface area contributed by atoms with Crippen molar-refractivity contribution in [1.82, 2.24) is 4.90 Å². The van der Waals surface area contributed by atoms with E-state index in [0.717, 1.165) is 0 Å². The number of hydrogen-bond acceptors (Lipinski definition) is 8. The number of esters is 1. The third kappa shape index (κ3) is 5.14. The Balaban J connectivity index is 2.51. The molecule has 0 aromatic carbocycles. The number of carbonyl (C=O) groups excluding carboxylic acids is 1. The van der Waals surface area contributed by atoms with Crippen LogP contribution >= 0.6 is 7.60 Å². The van der Waals surface area contributed by atoms with Crippen LogP contribution in [0.5, 0.6) is 0 Å². The average Bonchev–Trinajstić information content (AvgIpc) is 3.22. The second-order valence-corrected chi connectivity index (χ2v) is 15.3. The van der Waals surface area contributed by atoms with Gasteiger partial charge in [-0.3, -0.25) is 4.57 Å². The Labute approximate surface area is 175 Å². The van der Waals surface area contributed by atoms with Crippen LogP contribution < -0.4 is 0 Å². The van der Waals surface area contributed by atoms with E-state index in [1.165, 1.54) is 0 Å². The fourth-order valence-electron chi connectivity index (χ4n) is 3.78. The van der Waals surface area contributed by atoms with Gasteiger partial charge in [0.1, 0.15) is 12.0 Å². The summed E-state index contributed by atoms with van der Waals surface area (Å²) in [5.41, 5.74) is -1.19. The number of hydrogen-bond donors (Lipinski definition) is 0. The Kier molecular flexibility index (Phi) is 7.46. The molecule has 168 valence electrons. The van der Waals surface area contributed by atoms with Crippen LogP contribution in [0.15, 0.2) is 11.8 Å². The van der Waals surface area contributed by atoms with E-state index in [2.05, 4.69) is 19.6 Å². The molecule has 10 heteroatoms. The van der Waals surface area contributed by atoms with Gasteiger partial charge in [-0.2, -0.15) is 0 Å². The van der Waals surface area contributed by atoms with Gasteiger partial charge in [-0.1, -0.05) is 0 Å². The number of fused-ring (bicyclic) bond motifs is 1. The predicted molar refractivity (Wildman–Crippen MR) is 113 cm³/mol. The van der Waals surface area contributed by atoms with Gasteiger partial charge in [0.15, 0.2) is 5.54 Å². The van der Waals surface area contributed by atoms with Crippen molar-refractivity contribution in [3.63, 3.8) is 0 Å². The van der Waals surface area contributed by atoms with Crippen molar-refractivity contribution in [2.24, 2.45) is 0 Å². The molecule has 2 heterocycles. The third-order valence-corrected chi connectivity index (χ3v) is 8.03. The molecule has 4 unspecified atom stereocenters. The summed E-state index contributed by atoms with van der Waals surface area (Å²) >= 11 is 0. The molecule has 2 rings (SSSR count). The van der Waals surface area contributed by atoms with Gasteiger partial charge in [0.25, 0.3) is 0 Å². The van der Waals surface area contributed by atoms with Crippen LogP contribution in [0.1, 0.15) is 41.0 Å². The van der Waals surface area contributed by atoms with Gasteiger partial charge < -0.3 is 22.9 Å². The number of nitrogens with zero attached hydrogens (tertiary/aromatic N) is 1. The highest BCUT2D eigenvalue weighted by atomic mass is 31.2. The maximum atomic E-state index is 13.9. The number of carbonyl (C=O) groups is 1. The lowest BCUT2D eigenvalue weighted by atomic mass is 10.0. The van der Waals surface area contributed by atoms with Crippen LogP contribution in [-0.4, -0.2) is 62.7 Å². The molecule has 0 spiro atoms. The van der Waals surface area contributed by atoms with Gasteiger partial charge in [0, 0.05) is 13.5 Å². The largest absolute Gasteiger partial charge is 0.547 e. The summed E-state index contributed by atoms with van der Waals surface area (Å²) in [7, 11) is -4.09. The lowest BCUT2D eigenvalue weighted by molar-refractivity contribution is -0.149. The molecular weight excluding hydrogens is 413 g/mol. The Morgan fingerprint density at radius 3 is 2.21 bits per heavy atom. The number of ether oxygens (including phenoxy) is 2. The average molecular weight is 450 g/mol. The zero-order valence-corrected chi connectivity index (χ0v) is 20.9. The van der Waals surface area contributed by atoms with Gasteiger partial charge in [-0.15, -0.1) is 0 Å². The molecule has 2 aliphatic heterocycles. The summed E-state index contributed by atoms with van der Waals surface area (Å²) in [5, 5.41) is 0. The summed E-state index contributed by atoms with van der Waals surface area (Å²) in [5.74, 6) is -0.608. The van der Waals surface area contributed by atoms with E-state index < -0.39 is 39.4 Å². The van der Waals surface area contributed by atoms with Gasteiger partial charge in [0.2, 0.25) is 8.32 Å². The van der Waals surface area contributed by atoms with E-state index in [1.54, 1.807) is 46.6 Å². The zero-order chi connectivity index (χ0) is 22.2. The topological polar surface area (TPSA) is 83.3 Å². The van der Waals surface area contributed by atoms with Crippen LogP contribution in [0.25, 0.3) is 0 Å².